The zero-order valence-electron chi connectivity index (χ0n) is 30.4. The van der Waals surface area contributed by atoms with E-state index < -0.39 is 22.3 Å². The van der Waals surface area contributed by atoms with E-state index in [1.165, 1.54) is 30.7 Å². The Morgan fingerprint density at radius 1 is 1.04 bits per heavy atom. The van der Waals surface area contributed by atoms with Gasteiger partial charge in [-0.1, -0.05) is 34.1 Å². The second-order valence-corrected chi connectivity index (χ2v) is 17.9. The Morgan fingerprint density at radius 3 is 2.35 bits per heavy atom. The third-order valence-electron chi connectivity index (χ3n) is 15.1. The Labute approximate surface area is 286 Å². The highest BCUT2D eigenvalue weighted by Crippen LogP contribution is 2.89. The number of ether oxygens (including phenoxy) is 3. The third kappa shape index (κ3) is 5.31. The van der Waals surface area contributed by atoms with Crippen molar-refractivity contribution in [2.75, 3.05) is 6.61 Å². The maximum atomic E-state index is 13.0. The normalized spacial score (nSPS) is 41.6. The highest BCUT2D eigenvalue weighted by atomic mass is 16.7. The number of aliphatic hydroxyl groups is 2. The Balaban J connectivity index is 1.15. The van der Waals surface area contributed by atoms with Crippen LogP contribution in [0.2, 0.25) is 0 Å². The molecule has 1 aromatic carbocycles. The maximum absolute atomic E-state index is 13.0. The molecule has 5 aliphatic carbocycles. The van der Waals surface area contributed by atoms with Crippen LogP contribution < -0.4 is 4.74 Å². The predicted octanol–water partition coefficient (Wildman–Crippen LogP) is 8.48. The standard InChI is InChI=1S/C39H59NO8/c1-9-46-32(35(5,6)42)12-10-11-30-36(7)21-22-38-24(2)39(38)20-19-31(48-33(41)47-26-15-13-25(14-16-26)40(44)45)34(3,4)29(39)18-17-27(38)28(36)23-37(30,8)43/h13-16,24,27-32,42-43H,9-12,17-23H2,1-8H3/t24?,27-,28?,29?,30+,31-,32-,36-,37+,38-,39+/m0/s1. The van der Waals surface area contributed by atoms with Gasteiger partial charge in [-0.15, -0.1) is 0 Å². The summed E-state index contributed by atoms with van der Waals surface area (Å²) in [4.78, 5) is 23.5. The molecule has 9 heteroatoms. The molecule has 0 aliphatic heterocycles. The minimum absolute atomic E-state index is 0.0601. The molecule has 1 aromatic rings. The van der Waals surface area contributed by atoms with Gasteiger partial charge in [0.25, 0.3) is 5.69 Å². The van der Waals surface area contributed by atoms with Gasteiger partial charge in [0.1, 0.15) is 11.9 Å². The molecule has 0 heterocycles. The lowest BCUT2D eigenvalue weighted by Gasteiger charge is -2.59. The zero-order chi connectivity index (χ0) is 35.1. The zero-order valence-corrected chi connectivity index (χ0v) is 30.4. The lowest BCUT2D eigenvalue weighted by Crippen LogP contribution is -2.55. The fraction of sp³-hybridized carbons (Fsp3) is 0.821. The molecule has 11 atom stereocenters. The summed E-state index contributed by atoms with van der Waals surface area (Å²) in [5, 5.41) is 33.7. The summed E-state index contributed by atoms with van der Waals surface area (Å²) in [6, 6.07) is 5.49. The molecule has 5 aliphatic rings. The van der Waals surface area contributed by atoms with Crippen LogP contribution in [0.25, 0.3) is 0 Å². The summed E-state index contributed by atoms with van der Waals surface area (Å²) in [6.45, 7) is 17.8. The Bertz CT molecular complexity index is 1380. The molecule has 0 saturated heterocycles. The molecular weight excluding hydrogens is 610 g/mol. The smallest absolute Gasteiger partial charge is 0.430 e. The van der Waals surface area contributed by atoms with Crippen LogP contribution in [-0.2, 0) is 9.47 Å². The number of non-ortho nitro benzene ring substituents is 1. The third-order valence-corrected chi connectivity index (χ3v) is 15.1. The fourth-order valence-electron chi connectivity index (χ4n) is 13.2. The average molecular weight is 670 g/mol. The first-order valence-electron chi connectivity index (χ1n) is 18.6. The molecular formula is C39H59NO8. The van der Waals surface area contributed by atoms with E-state index in [4.69, 9.17) is 14.2 Å². The van der Waals surface area contributed by atoms with Gasteiger partial charge < -0.3 is 24.4 Å². The van der Waals surface area contributed by atoms with Crippen LogP contribution >= 0.6 is 0 Å². The van der Waals surface area contributed by atoms with E-state index in [0.29, 0.717) is 30.3 Å². The Morgan fingerprint density at radius 2 is 1.73 bits per heavy atom. The molecule has 6 rings (SSSR count). The van der Waals surface area contributed by atoms with Crippen LogP contribution in [-0.4, -0.2) is 51.3 Å². The van der Waals surface area contributed by atoms with Gasteiger partial charge >= 0.3 is 6.16 Å². The highest BCUT2D eigenvalue weighted by molar-refractivity contribution is 5.64. The van der Waals surface area contributed by atoms with Gasteiger partial charge in [-0.3, -0.25) is 10.1 Å². The minimum atomic E-state index is -0.891. The minimum Gasteiger partial charge on any atom is -0.430 e. The van der Waals surface area contributed by atoms with E-state index in [2.05, 4.69) is 34.6 Å². The highest BCUT2D eigenvalue weighted by Gasteiger charge is 2.85. The largest absolute Gasteiger partial charge is 0.514 e. The molecule has 0 aromatic heterocycles. The summed E-state index contributed by atoms with van der Waals surface area (Å²) in [5.41, 5.74) is -1.30. The van der Waals surface area contributed by atoms with Gasteiger partial charge in [0.15, 0.2) is 0 Å². The molecule has 3 unspecified atom stereocenters. The van der Waals surface area contributed by atoms with E-state index in [0.717, 1.165) is 57.8 Å². The molecule has 2 spiro atoms. The summed E-state index contributed by atoms with van der Waals surface area (Å²) < 4.78 is 17.4. The number of hydrogen-bond donors (Lipinski definition) is 2. The van der Waals surface area contributed by atoms with E-state index in [1.54, 1.807) is 0 Å². The summed E-state index contributed by atoms with van der Waals surface area (Å²) >= 11 is 0. The molecule has 5 saturated carbocycles. The van der Waals surface area contributed by atoms with Crippen molar-refractivity contribution in [2.45, 2.75) is 143 Å². The number of carbonyl (C=O) groups is 1. The second-order valence-electron chi connectivity index (χ2n) is 17.9. The number of nitro groups is 1. The quantitative estimate of drug-likeness (QED) is 0.110. The van der Waals surface area contributed by atoms with Crippen molar-refractivity contribution < 1.29 is 34.1 Å². The molecule has 2 N–H and O–H groups in total. The van der Waals surface area contributed by atoms with Gasteiger partial charge in [0.2, 0.25) is 0 Å². The topological polar surface area (TPSA) is 128 Å². The van der Waals surface area contributed by atoms with Crippen molar-refractivity contribution in [1.29, 1.82) is 0 Å². The van der Waals surface area contributed by atoms with Gasteiger partial charge in [0.05, 0.1) is 22.2 Å². The van der Waals surface area contributed by atoms with Crippen molar-refractivity contribution in [3.05, 3.63) is 34.4 Å². The van der Waals surface area contributed by atoms with Crippen LogP contribution in [0.5, 0.6) is 5.75 Å². The van der Waals surface area contributed by atoms with Gasteiger partial charge in [-0.25, -0.2) is 4.79 Å². The second kappa shape index (κ2) is 11.9. The molecule has 5 fully saturated rings. The molecule has 268 valence electrons. The first-order valence-corrected chi connectivity index (χ1v) is 18.6. The summed E-state index contributed by atoms with van der Waals surface area (Å²) in [6.07, 6.45) is 8.70. The van der Waals surface area contributed by atoms with Crippen LogP contribution in [0.15, 0.2) is 24.3 Å². The van der Waals surface area contributed by atoms with Crippen LogP contribution in [0.1, 0.15) is 120 Å². The fourth-order valence-corrected chi connectivity index (χ4v) is 13.2. The Hall–Kier alpha value is -2.23. The number of rotatable bonds is 10. The lowest BCUT2D eigenvalue weighted by molar-refractivity contribution is -0.384. The van der Waals surface area contributed by atoms with Crippen molar-refractivity contribution in [1.82, 2.24) is 0 Å². The lowest BCUT2D eigenvalue weighted by atomic mass is 9.46. The van der Waals surface area contributed by atoms with Crippen molar-refractivity contribution in [3.8, 4) is 5.75 Å². The Kier molecular flexibility index (Phi) is 8.85. The predicted molar refractivity (Wildman–Crippen MR) is 182 cm³/mol. The van der Waals surface area contributed by atoms with E-state index >= 15 is 0 Å². The number of nitro benzene ring substituents is 1. The SMILES string of the molecule is CCO[C@@H](CCC[C@@H]1[C@@]2(C)CC[C@@]34C(C)[C@@]35CC[C@H](OC(=O)Oc3ccc([N+](=O)[O-])cc3)C(C)(C)C5CC[C@H]4C2C[C@@]1(C)O)C(C)(C)O. The molecule has 48 heavy (non-hydrogen) atoms. The maximum Gasteiger partial charge on any atom is 0.514 e. The number of hydrogen-bond acceptors (Lipinski definition) is 8. The van der Waals surface area contributed by atoms with E-state index in [-0.39, 0.29) is 51.2 Å². The number of nitrogens with zero attached hydrogens (tertiary/aromatic N) is 1. The molecule has 0 bridgehead atoms. The first kappa shape index (κ1) is 35.6. The number of carbonyl (C=O) groups excluding carboxylic acids is 1. The summed E-state index contributed by atoms with van der Waals surface area (Å²) in [5.74, 6) is 2.56. The summed E-state index contributed by atoms with van der Waals surface area (Å²) in [7, 11) is 0. The first-order chi connectivity index (χ1) is 22.4. The molecule has 9 nitrogen and oxygen atoms in total. The van der Waals surface area contributed by atoms with Crippen molar-refractivity contribution in [3.63, 3.8) is 0 Å². The number of fused-ring (bicyclic) bond motifs is 2. The van der Waals surface area contributed by atoms with E-state index in [9.17, 15) is 25.1 Å². The van der Waals surface area contributed by atoms with Gasteiger partial charge in [-0.2, -0.15) is 0 Å². The van der Waals surface area contributed by atoms with Crippen LogP contribution in [0, 0.1) is 61.4 Å². The van der Waals surface area contributed by atoms with Crippen molar-refractivity contribution >= 4 is 11.8 Å². The van der Waals surface area contributed by atoms with Crippen LogP contribution in [0.4, 0.5) is 10.5 Å². The van der Waals surface area contributed by atoms with Gasteiger partial charge in [-0.05, 0) is 143 Å². The average Bonchev–Trinajstić information content (AvgIpc) is 3.44. The van der Waals surface area contributed by atoms with Crippen LogP contribution in [0.3, 0.4) is 0 Å². The van der Waals surface area contributed by atoms with E-state index in [1.807, 2.05) is 20.8 Å². The van der Waals surface area contributed by atoms with Crippen molar-refractivity contribution in [2.24, 2.45) is 51.2 Å². The van der Waals surface area contributed by atoms with Gasteiger partial charge in [0, 0.05) is 24.2 Å². The monoisotopic (exact) mass is 669 g/mol. The number of benzene rings is 1. The molecule has 0 amide bonds. The molecule has 0 radical (unpaired) electrons.